The van der Waals surface area contributed by atoms with E-state index in [2.05, 4.69) is 176 Å². The van der Waals surface area contributed by atoms with Crippen LogP contribution >= 0.6 is 56.7 Å². The molecular weight excluding hydrogens is 1560 g/mol. The average Bonchev–Trinajstić information content (AvgIpc) is 0.902. The maximum Gasteiger partial charge on any atom is 0.214 e. The Hall–Kier alpha value is -13.9. The summed E-state index contributed by atoms with van der Waals surface area (Å²) in [7, 11) is 1.61. The highest BCUT2D eigenvalue weighted by atomic mass is 35.5. The van der Waals surface area contributed by atoms with Crippen LogP contribution in [0.4, 0.5) is 8.78 Å². The van der Waals surface area contributed by atoms with Gasteiger partial charge in [0, 0.05) is 114 Å². The summed E-state index contributed by atoms with van der Waals surface area (Å²) in [5.74, 6) is 30.0. The number of aryl methyl sites for hydroxylation is 8. The Labute approximate surface area is 698 Å². The number of thiazole rings is 5. The highest BCUT2D eigenvalue weighted by molar-refractivity contribution is 7.10. The van der Waals surface area contributed by atoms with Crippen LogP contribution in [0.25, 0.3) is 67.2 Å². The van der Waals surface area contributed by atoms with Gasteiger partial charge in [-0.2, -0.15) is 10.5 Å². The number of aromatic nitrogens is 11. The fourth-order valence-electron chi connectivity index (χ4n) is 11.2. The van der Waals surface area contributed by atoms with E-state index in [-0.39, 0.29) is 18.0 Å². The van der Waals surface area contributed by atoms with Gasteiger partial charge < -0.3 is 17.1 Å². The average molecular weight is 1630 g/mol. The van der Waals surface area contributed by atoms with Gasteiger partial charge >= 0.3 is 0 Å². The van der Waals surface area contributed by atoms with Crippen LogP contribution in [0.1, 0.15) is 109 Å². The molecule has 5 aromatic carbocycles. The first-order valence-corrected chi connectivity index (χ1v) is 39.9. The SMILES string of the molecule is COc1ccc(C#N)cc1-c1ccc(C#Cc2csc(C)n2)c[nH+]1.Cc1cc(C#N)cc(-c2ccc(C#Cc3csc(C)n3)c[nH+]2)c1.Cc1nc(C#Cc2ccc(-c3c(C)cccc3C)nc2)cs1.Cc1nc(C#Cc2ccc(-c3ccc(F)cc3F)nc2)cs1.Cc1nc(C#Cc2ccc(-c3cccc4ncccc34)nc2)cs1.[Cl-]. The standard InChI is InChI=1S/C20H13N3S.C19H13N3OS.C19H13N3S.C19H16N2S.C17H10F2N2S.ClH/c1-14-23-16(13-24-14)9-7-15-8-10-20(22-12-15)17-4-2-6-19-18(17)5-3-11-21-19;1-13-22-16(12-24-13)6-3-14-4-7-18(21-11-14)17-9-15(10-20)5-8-19(17)23-2;1-13-7-16(10-20)9-17(8-13)19-6-4-15(11-21-19)3-5-18-12-23-14(2)22-18;1-13-5-4-6-14(2)19(13)18-10-8-16(11-20-18)7-9-17-12-22-15(3)21-17;1-11-21-14(10-22-11)5-2-12-3-7-17(20-9-12)15-6-4-13(18)8-16(15)19;/h2-6,8,10-13H,1H3;4-5,7-9,11-12H,1-2H3;4,6-9,11-12H,1-2H3;4-6,8,10-12H,1-3H3;3-4,6-10H,1H3;1H/p+1. The molecule has 0 aliphatic rings. The highest BCUT2D eigenvalue weighted by Crippen LogP contribution is 2.31. The van der Waals surface area contributed by atoms with Crippen LogP contribution in [-0.4, -0.2) is 52.0 Å². The van der Waals surface area contributed by atoms with Crippen molar-refractivity contribution in [1.82, 2.24) is 44.9 Å². The van der Waals surface area contributed by atoms with E-state index in [1.165, 1.54) is 28.8 Å². The molecule has 116 heavy (non-hydrogen) atoms. The molecule has 0 radical (unpaired) electrons. The molecule has 0 spiro atoms. The number of hydrogen-bond donors (Lipinski definition) is 0. The zero-order chi connectivity index (χ0) is 80.6. The summed E-state index contributed by atoms with van der Waals surface area (Å²) in [4.78, 5) is 45.7. The predicted octanol–water partition coefficient (Wildman–Crippen LogP) is 16.9. The maximum atomic E-state index is 13.7. The quantitative estimate of drug-likeness (QED) is 0.143. The molecule has 564 valence electrons. The number of benzene rings is 5. The second kappa shape index (κ2) is 40.6. The monoisotopic (exact) mass is 1630 g/mol. The summed E-state index contributed by atoms with van der Waals surface area (Å²) >= 11 is 7.94. The van der Waals surface area contributed by atoms with Gasteiger partial charge in [0.25, 0.3) is 0 Å². The van der Waals surface area contributed by atoms with Crippen LogP contribution in [0.2, 0.25) is 0 Å². The molecule has 16 rings (SSSR count). The van der Waals surface area contributed by atoms with Crippen LogP contribution in [0, 0.1) is 149 Å². The van der Waals surface area contributed by atoms with Crippen molar-refractivity contribution in [3.63, 3.8) is 0 Å². The molecular formula is C94H67ClF2N13OS5+. The number of H-pyrrole nitrogens is 2. The number of fused-ring (bicyclic) bond motifs is 1. The van der Waals surface area contributed by atoms with Gasteiger partial charge in [0.15, 0.2) is 12.4 Å². The van der Waals surface area contributed by atoms with Crippen molar-refractivity contribution in [1.29, 1.82) is 10.5 Å². The Morgan fingerprint density at radius 2 is 0.828 bits per heavy atom. The molecule has 0 saturated heterocycles. The molecule has 0 aliphatic carbocycles. The van der Waals surface area contributed by atoms with E-state index in [0.717, 1.165) is 138 Å². The Kier molecular flexibility index (Phi) is 29.0. The smallest absolute Gasteiger partial charge is 0.214 e. The number of ether oxygens (including phenoxy) is 1. The second-order valence-corrected chi connectivity index (χ2v) is 30.6. The summed E-state index contributed by atoms with van der Waals surface area (Å²) in [5.41, 5.74) is 22.5. The Morgan fingerprint density at radius 3 is 1.26 bits per heavy atom. The van der Waals surface area contributed by atoms with Crippen molar-refractivity contribution in [3.8, 4) is 133 Å². The molecule has 0 aliphatic heterocycles. The van der Waals surface area contributed by atoms with Crippen molar-refractivity contribution in [2.45, 2.75) is 55.4 Å². The normalized spacial score (nSPS) is 9.94. The third-order valence-electron chi connectivity index (χ3n) is 16.7. The van der Waals surface area contributed by atoms with E-state index in [9.17, 15) is 8.78 Å². The minimum atomic E-state index is -0.635. The van der Waals surface area contributed by atoms with Gasteiger partial charge in [-0.1, -0.05) is 66.0 Å². The van der Waals surface area contributed by atoms with Crippen molar-refractivity contribution in [2.75, 3.05) is 7.11 Å². The molecule has 0 amide bonds. The largest absolute Gasteiger partial charge is 1.00 e. The van der Waals surface area contributed by atoms with Crippen LogP contribution in [0.5, 0.6) is 5.75 Å². The number of hydrogen-bond acceptors (Lipinski definition) is 17. The van der Waals surface area contributed by atoms with Crippen LogP contribution < -0.4 is 27.1 Å². The summed E-state index contributed by atoms with van der Waals surface area (Å²) in [5, 5.41) is 34.0. The lowest BCUT2D eigenvalue weighted by Crippen LogP contribution is -3.00. The number of nitriles is 2. The van der Waals surface area contributed by atoms with Crippen molar-refractivity contribution < 1.29 is 35.9 Å². The fourth-order valence-corrected chi connectivity index (χ4v) is 14.0. The molecule has 14 nitrogen and oxygen atoms in total. The van der Waals surface area contributed by atoms with E-state index in [4.69, 9.17) is 15.3 Å². The summed E-state index contributed by atoms with van der Waals surface area (Å²) < 4.78 is 32.0. The number of nitrogens with zero attached hydrogens (tertiary/aromatic N) is 11. The Morgan fingerprint density at radius 1 is 0.379 bits per heavy atom. The van der Waals surface area contributed by atoms with Gasteiger partial charge in [0.2, 0.25) is 11.4 Å². The zero-order valence-electron chi connectivity index (χ0n) is 63.9. The highest BCUT2D eigenvalue weighted by Gasteiger charge is 2.15. The van der Waals surface area contributed by atoms with Gasteiger partial charge in [-0.3, -0.25) is 19.9 Å². The molecule has 0 bridgehead atoms. The molecule has 0 saturated carbocycles. The molecule has 11 aromatic heterocycles. The van der Waals surface area contributed by atoms with Crippen LogP contribution in [0.3, 0.4) is 0 Å². The number of methoxy groups -OCH3 is 1. The lowest BCUT2D eigenvalue weighted by Gasteiger charge is -2.08. The third kappa shape index (κ3) is 23.4. The summed E-state index contributed by atoms with van der Waals surface area (Å²) in [6, 6.07) is 54.5. The molecule has 0 atom stereocenters. The molecule has 22 heteroatoms. The number of halogens is 3. The minimum Gasteiger partial charge on any atom is -1.00 e. The first kappa shape index (κ1) is 83.1. The van der Waals surface area contributed by atoms with Crippen LogP contribution in [0.15, 0.2) is 228 Å². The van der Waals surface area contributed by atoms with Gasteiger partial charge in [-0.15, -0.1) is 56.7 Å². The Bertz CT molecular complexity index is 6580. The molecule has 2 N–H and O–H groups in total. The topological polar surface area (TPSA) is 201 Å². The number of pyridine rings is 6. The van der Waals surface area contributed by atoms with E-state index in [1.807, 2.05) is 166 Å². The van der Waals surface area contributed by atoms with E-state index < -0.39 is 11.6 Å². The van der Waals surface area contributed by atoms with Gasteiger partial charge in [-0.25, -0.2) is 43.7 Å². The maximum absolute atomic E-state index is 13.7. The van der Waals surface area contributed by atoms with E-state index in [1.54, 1.807) is 113 Å². The number of aromatic amines is 2. The number of nitrogens with one attached hydrogen (secondary N) is 2. The van der Waals surface area contributed by atoms with Crippen molar-refractivity contribution >= 4 is 67.6 Å². The Balaban J connectivity index is 0.000000142. The van der Waals surface area contributed by atoms with Gasteiger partial charge in [-0.05, 0) is 211 Å². The van der Waals surface area contributed by atoms with E-state index in [0.29, 0.717) is 28.1 Å². The molecule has 0 unspecified atom stereocenters. The van der Waals surface area contributed by atoms with E-state index >= 15 is 0 Å². The lowest BCUT2D eigenvalue weighted by molar-refractivity contribution is -0.365. The van der Waals surface area contributed by atoms with Crippen molar-refractivity contribution in [2.24, 2.45) is 0 Å². The predicted molar refractivity (Wildman–Crippen MR) is 455 cm³/mol. The second-order valence-electron chi connectivity index (χ2n) is 25.3. The third-order valence-corrected chi connectivity index (χ3v) is 20.6. The molecule has 16 aromatic rings. The number of rotatable bonds is 6. The summed E-state index contributed by atoms with van der Waals surface area (Å²) in [6.45, 7) is 16.0. The fraction of sp³-hybridized carbons (Fsp3) is 0.0957. The lowest BCUT2D eigenvalue weighted by atomic mass is 9.99. The first-order valence-electron chi connectivity index (χ1n) is 35.5. The first-order chi connectivity index (χ1) is 55.9. The zero-order valence-corrected chi connectivity index (χ0v) is 68.8. The van der Waals surface area contributed by atoms with Crippen molar-refractivity contribution in [3.05, 3.63) is 349 Å². The molecule has 11 heterocycles. The van der Waals surface area contributed by atoms with Gasteiger partial charge in [0.1, 0.15) is 45.9 Å². The summed E-state index contributed by atoms with van der Waals surface area (Å²) in [6.07, 6.45) is 10.7. The minimum absolute atomic E-state index is 0. The van der Waals surface area contributed by atoms with Gasteiger partial charge in [0.05, 0.1) is 94.7 Å². The molecule has 0 fully saturated rings. The van der Waals surface area contributed by atoms with Crippen LogP contribution in [-0.2, 0) is 0 Å².